The van der Waals surface area contributed by atoms with Gasteiger partial charge in [0.25, 0.3) is 5.91 Å². The quantitative estimate of drug-likeness (QED) is 0.226. The number of carbonyl (C=O) groups is 2. The summed E-state index contributed by atoms with van der Waals surface area (Å²) in [6.45, 7) is 0.00173. The molecule has 1 fully saturated rings. The van der Waals surface area contributed by atoms with Crippen molar-refractivity contribution in [3.05, 3.63) is 77.6 Å². The highest BCUT2D eigenvalue weighted by Crippen LogP contribution is 2.48. The number of anilines is 1. The van der Waals surface area contributed by atoms with Crippen LogP contribution in [0.2, 0.25) is 0 Å². The number of carboxylic acids is 1. The van der Waals surface area contributed by atoms with Gasteiger partial charge < -0.3 is 19.6 Å². The predicted octanol–water partition coefficient (Wildman–Crippen LogP) is 5.90. The Morgan fingerprint density at radius 3 is 2.27 bits per heavy atom. The standard InChI is InChI=1S/C30H29FN2O7S/c1-32-30(36)28-24-16-23(18-5-6-18)25(33(41(2,37)38)15-3-4-27(34)35)17-26(24)40-29(28)19-7-11-21(12-8-19)39-22-13-9-20(31)10-14-22/h7-14,16-18H,3-6,15H2,1-2H3,(H,32,36)(H,34,35). The topological polar surface area (TPSA) is 126 Å². The molecule has 41 heavy (non-hydrogen) atoms. The van der Waals surface area contributed by atoms with Crippen molar-refractivity contribution in [2.24, 2.45) is 0 Å². The van der Waals surface area contributed by atoms with Crippen LogP contribution in [0.5, 0.6) is 11.5 Å². The molecule has 0 saturated heterocycles. The number of amides is 1. The van der Waals surface area contributed by atoms with Crippen molar-refractivity contribution in [1.82, 2.24) is 5.32 Å². The van der Waals surface area contributed by atoms with Crippen LogP contribution in [0.3, 0.4) is 0 Å². The van der Waals surface area contributed by atoms with E-state index in [4.69, 9.17) is 14.3 Å². The Hall–Kier alpha value is -4.38. The number of benzene rings is 3. The van der Waals surface area contributed by atoms with Crippen LogP contribution < -0.4 is 14.4 Å². The van der Waals surface area contributed by atoms with Gasteiger partial charge in [-0.05, 0) is 85.3 Å². The second-order valence-corrected chi connectivity index (χ2v) is 11.9. The van der Waals surface area contributed by atoms with E-state index in [9.17, 15) is 22.4 Å². The molecule has 4 aromatic rings. The van der Waals surface area contributed by atoms with Crippen molar-refractivity contribution in [1.29, 1.82) is 0 Å². The Balaban J connectivity index is 1.58. The molecule has 1 amide bonds. The molecule has 11 heteroatoms. The SMILES string of the molecule is CNC(=O)c1c(-c2ccc(Oc3ccc(F)cc3)cc2)oc2cc(N(CCCC(=O)O)S(C)(=O)=O)c(C3CC3)cc12. The molecule has 1 aliphatic carbocycles. The van der Waals surface area contributed by atoms with Crippen molar-refractivity contribution < 1.29 is 36.7 Å². The minimum absolute atomic E-state index is 0.00173. The number of nitrogens with zero attached hydrogens (tertiary/aromatic N) is 1. The maximum absolute atomic E-state index is 13.2. The molecular formula is C30H29FN2O7S. The first-order valence-corrected chi connectivity index (χ1v) is 15.0. The molecule has 0 unspecified atom stereocenters. The van der Waals surface area contributed by atoms with Crippen LogP contribution in [-0.2, 0) is 14.8 Å². The molecule has 0 spiro atoms. The second-order valence-electron chi connectivity index (χ2n) is 9.98. The fourth-order valence-electron chi connectivity index (χ4n) is 4.79. The molecule has 1 saturated carbocycles. The Morgan fingerprint density at radius 2 is 1.71 bits per heavy atom. The minimum Gasteiger partial charge on any atom is -0.481 e. The van der Waals surface area contributed by atoms with Crippen LogP contribution in [0, 0.1) is 5.82 Å². The van der Waals surface area contributed by atoms with Gasteiger partial charge in [0.1, 0.15) is 28.7 Å². The molecule has 1 aliphatic rings. The molecule has 1 heterocycles. The molecular weight excluding hydrogens is 551 g/mol. The third-order valence-corrected chi connectivity index (χ3v) is 8.08. The summed E-state index contributed by atoms with van der Waals surface area (Å²) in [5, 5.41) is 12.3. The summed E-state index contributed by atoms with van der Waals surface area (Å²) in [6.07, 6.45) is 2.82. The van der Waals surface area contributed by atoms with E-state index in [0.717, 1.165) is 24.7 Å². The maximum Gasteiger partial charge on any atom is 0.303 e. The summed E-state index contributed by atoms with van der Waals surface area (Å²) in [5.74, 6) is -0.334. The Bertz CT molecular complexity index is 1710. The number of fused-ring (bicyclic) bond motifs is 1. The largest absolute Gasteiger partial charge is 0.481 e. The monoisotopic (exact) mass is 580 g/mol. The normalized spacial score (nSPS) is 13.2. The van der Waals surface area contributed by atoms with E-state index in [0.29, 0.717) is 45.0 Å². The van der Waals surface area contributed by atoms with Gasteiger partial charge in [0.15, 0.2) is 0 Å². The van der Waals surface area contributed by atoms with Crippen LogP contribution in [0.25, 0.3) is 22.3 Å². The van der Waals surface area contributed by atoms with Crippen molar-refractivity contribution in [3.8, 4) is 22.8 Å². The number of furan rings is 1. The van der Waals surface area contributed by atoms with E-state index in [-0.39, 0.29) is 37.0 Å². The summed E-state index contributed by atoms with van der Waals surface area (Å²) in [7, 11) is -2.22. The van der Waals surface area contributed by atoms with Crippen molar-refractivity contribution in [2.75, 3.05) is 24.2 Å². The molecule has 0 bridgehead atoms. The van der Waals surface area contributed by atoms with E-state index in [1.54, 1.807) is 30.3 Å². The minimum atomic E-state index is -3.74. The summed E-state index contributed by atoms with van der Waals surface area (Å²) in [4.78, 5) is 24.2. The molecule has 214 valence electrons. The third-order valence-electron chi connectivity index (χ3n) is 6.90. The average molecular weight is 581 g/mol. The van der Waals surface area contributed by atoms with Gasteiger partial charge in [-0.25, -0.2) is 12.8 Å². The second kappa shape index (κ2) is 11.2. The highest BCUT2D eigenvalue weighted by Gasteiger charge is 2.33. The number of carbonyl (C=O) groups excluding carboxylic acids is 1. The zero-order valence-corrected chi connectivity index (χ0v) is 23.3. The molecule has 2 N–H and O–H groups in total. The van der Waals surface area contributed by atoms with Gasteiger partial charge in [0.05, 0.1) is 17.5 Å². The van der Waals surface area contributed by atoms with Crippen LogP contribution >= 0.6 is 0 Å². The summed E-state index contributed by atoms with van der Waals surface area (Å²) in [5.41, 5.74) is 2.46. The molecule has 3 aromatic carbocycles. The number of nitrogens with one attached hydrogen (secondary N) is 1. The molecule has 5 rings (SSSR count). The number of ether oxygens (including phenoxy) is 1. The Labute approximate surface area is 236 Å². The number of rotatable bonds is 11. The molecule has 0 radical (unpaired) electrons. The summed E-state index contributed by atoms with van der Waals surface area (Å²) < 4.78 is 52.1. The first kappa shape index (κ1) is 28.2. The number of halogens is 1. The highest BCUT2D eigenvalue weighted by molar-refractivity contribution is 7.92. The number of hydrogen-bond donors (Lipinski definition) is 2. The van der Waals surface area contributed by atoms with Gasteiger partial charge in [0.2, 0.25) is 10.0 Å². The van der Waals surface area contributed by atoms with E-state index in [1.165, 1.54) is 35.6 Å². The van der Waals surface area contributed by atoms with E-state index < -0.39 is 16.0 Å². The lowest BCUT2D eigenvalue weighted by molar-refractivity contribution is -0.137. The molecule has 0 atom stereocenters. The first-order chi connectivity index (χ1) is 19.5. The van der Waals surface area contributed by atoms with Crippen LogP contribution in [0.1, 0.15) is 47.5 Å². The number of hydrogen-bond acceptors (Lipinski definition) is 6. The first-order valence-electron chi connectivity index (χ1n) is 13.1. The van der Waals surface area contributed by atoms with Crippen molar-refractivity contribution in [3.63, 3.8) is 0 Å². The number of carboxylic acid groups (broad SMARTS) is 1. The van der Waals surface area contributed by atoms with Crippen LogP contribution in [0.4, 0.5) is 10.1 Å². The van der Waals surface area contributed by atoms with Gasteiger partial charge in [-0.1, -0.05) is 0 Å². The molecule has 0 aliphatic heterocycles. The van der Waals surface area contributed by atoms with Crippen LogP contribution in [-0.4, -0.2) is 45.2 Å². The van der Waals surface area contributed by atoms with Gasteiger partial charge in [0, 0.05) is 37.0 Å². The predicted molar refractivity (Wildman–Crippen MR) is 153 cm³/mol. The summed E-state index contributed by atoms with van der Waals surface area (Å²) >= 11 is 0. The van der Waals surface area contributed by atoms with E-state index in [1.807, 2.05) is 6.07 Å². The van der Waals surface area contributed by atoms with E-state index in [2.05, 4.69) is 5.32 Å². The van der Waals surface area contributed by atoms with Crippen LogP contribution in [0.15, 0.2) is 65.1 Å². The lowest BCUT2D eigenvalue weighted by Gasteiger charge is -2.25. The highest BCUT2D eigenvalue weighted by atomic mass is 32.2. The zero-order chi connectivity index (χ0) is 29.3. The number of sulfonamides is 1. The van der Waals surface area contributed by atoms with Crippen molar-refractivity contribution in [2.45, 2.75) is 31.6 Å². The van der Waals surface area contributed by atoms with Gasteiger partial charge in [-0.2, -0.15) is 0 Å². The Kier molecular flexibility index (Phi) is 7.72. The number of aliphatic carboxylic acids is 1. The summed E-state index contributed by atoms with van der Waals surface area (Å²) in [6, 6.07) is 16.0. The fourth-order valence-corrected chi connectivity index (χ4v) is 5.77. The lowest BCUT2D eigenvalue weighted by Crippen LogP contribution is -2.32. The smallest absolute Gasteiger partial charge is 0.303 e. The Morgan fingerprint density at radius 1 is 1.07 bits per heavy atom. The van der Waals surface area contributed by atoms with Gasteiger partial charge in [-0.3, -0.25) is 13.9 Å². The van der Waals surface area contributed by atoms with Gasteiger partial charge >= 0.3 is 5.97 Å². The maximum atomic E-state index is 13.2. The van der Waals surface area contributed by atoms with E-state index >= 15 is 0 Å². The lowest BCUT2D eigenvalue weighted by atomic mass is 10.00. The molecule has 9 nitrogen and oxygen atoms in total. The average Bonchev–Trinajstić information content (AvgIpc) is 3.71. The third kappa shape index (κ3) is 6.19. The molecule has 1 aromatic heterocycles. The van der Waals surface area contributed by atoms with Crippen molar-refractivity contribution >= 4 is 38.6 Å². The fraction of sp³-hybridized carbons (Fsp3) is 0.267. The van der Waals surface area contributed by atoms with Gasteiger partial charge in [-0.15, -0.1) is 0 Å². The zero-order valence-electron chi connectivity index (χ0n) is 22.5.